The number of hydrogen-bond donors (Lipinski definition) is 0. The van der Waals surface area contributed by atoms with Gasteiger partial charge in [-0.2, -0.15) is 0 Å². The monoisotopic (exact) mass is 254 g/mol. The van der Waals surface area contributed by atoms with E-state index in [-0.39, 0.29) is 0 Å². The molecule has 2 aliphatic carbocycles. The van der Waals surface area contributed by atoms with E-state index >= 15 is 0 Å². The Morgan fingerprint density at radius 3 is 2.72 bits per heavy atom. The van der Waals surface area contributed by atoms with Gasteiger partial charge in [0.1, 0.15) is 8.07 Å². The Morgan fingerprint density at radius 1 is 1.22 bits per heavy atom. The highest BCUT2D eigenvalue weighted by atomic mass is 28.3. The fourth-order valence-electron chi connectivity index (χ4n) is 3.31. The van der Waals surface area contributed by atoms with Crippen molar-refractivity contribution in [1.29, 1.82) is 0 Å². The van der Waals surface area contributed by atoms with Crippen LogP contribution in [0.5, 0.6) is 0 Å². The summed E-state index contributed by atoms with van der Waals surface area (Å²) in [7, 11) is -1.25. The minimum absolute atomic E-state index is 0.868. The number of fused-ring (bicyclic) bond motifs is 3. The van der Waals surface area contributed by atoms with Gasteiger partial charge >= 0.3 is 0 Å². The van der Waals surface area contributed by atoms with Gasteiger partial charge in [0.15, 0.2) is 0 Å². The van der Waals surface area contributed by atoms with E-state index in [0.717, 1.165) is 17.8 Å². The molecule has 0 radical (unpaired) electrons. The molecule has 1 aromatic carbocycles. The molecule has 3 atom stereocenters. The molecule has 0 nitrogen and oxygen atoms in total. The molecule has 0 aromatic heterocycles. The Bertz CT molecular complexity index is 539. The molecule has 0 N–H and O–H groups in total. The minimum Gasteiger partial charge on any atom is -0.127 e. The van der Waals surface area contributed by atoms with Crippen LogP contribution in [-0.4, -0.2) is 8.07 Å². The molecule has 18 heavy (non-hydrogen) atoms. The molecule has 0 aliphatic heterocycles. The van der Waals surface area contributed by atoms with Crippen molar-refractivity contribution in [3.8, 4) is 11.5 Å². The summed E-state index contributed by atoms with van der Waals surface area (Å²) in [4.78, 5) is 0. The van der Waals surface area contributed by atoms with Crippen molar-refractivity contribution in [2.45, 2.75) is 45.3 Å². The lowest BCUT2D eigenvalue weighted by atomic mass is 9.90. The maximum Gasteiger partial charge on any atom is 0.129 e. The normalized spacial score (nSPS) is 28.8. The van der Waals surface area contributed by atoms with Crippen LogP contribution in [0.4, 0.5) is 0 Å². The van der Waals surface area contributed by atoms with E-state index in [1.165, 1.54) is 18.4 Å². The van der Waals surface area contributed by atoms with Gasteiger partial charge in [-0.3, -0.25) is 0 Å². The predicted molar refractivity (Wildman–Crippen MR) is 80.4 cm³/mol. The zero-order valence-electron chi connectivity index (χ0n) is 11.9. The second-order valence-corrected chi connectivity index (χ2v) is 11.8. The van der Waals surface area contributed by atoms with Crippen LogP contribution in [0.2, 0.25) is 19.6 Å². The maximum atomic E-state index is 3.46. The van der Waals surface area contributed by atoms with E-state index in [1.807, 2.05) is 0 Å². The number of aryl methyl sites for hydroxylation is 1. The highest BCUT2D eigenvalue weighted by molar-refractivity contribution is 6.83. The average molecular weight is 254 g/mol. The molecule has 0 spiro atoms. The Hall–Kier alpha value is -1.00. The fraction of sp³-hybridized carbons (Fsp3) is 0.529. The summed E-state index contributed by atoms with van der Waals surface area (Å²) in [5, 5.41) is 0. The van der Waals surface area contributed by atoms with Gasteiger partial charge in [0.25, 0.3) is 0 Å². The lowest BCUT2D eigenvalue weighted by molar-refractivity contribution is 0.646. The maximum absolute atomic E-state index is 3.46. The molecular formula is C17H22Si. The first kappa shape index (κ1) is 12.1. The largest absolute Gasteiger partial charge is 0.129 e. The summed E-state index contributed by atoms with van der Waals surface area (Å²) < 4.78 is 0. The lowest BCUT2D eigenvalue weighted by Gasteiger charge is -2.15. The zero-order valence-corrected chi connectivity index (χ0v) is 12.9. The Morgan fingerprint density at radius 2 is 2.00 bits per heavy atom. The molecule has 3 rings (SSSR count). The van der Waals surface area contributed by atoms with Crippen molar-refractivity contribution in [3.63, 3.8) is 0 Å². The number of rotatable bonds is 0. The van der Waals surface area contributed by atoms with E-state index in [1.54, 1.807) is 11.1 Å². The molecule has 1 heteroatoms. The van der Waals surface area contributed by atoms with E-state index < -0.39 is 8.07 Å². The van der Waals surface area contributed by atoms with Crippen LogP contribution in [0, 0.1) is 23.3 Å². The van der Waals surface area contributed by atoms with Crippen LogP contribution >= 0.6 is 0 Å². The van der Waals surface area contributed by atoms with Crippen LogP contribution in [-0.2, 0) is 6.42 Å². The number of benzene rings is 1. The molecule has 0 saturated heterocycles. The summed E-state index contributed by atoms with van der Waals surface area (Å²) in [5.41, 5.74) is 7.88. The van der Waals surface area contributed by atoms with Crippen LogP contribution in [0.25, 0.3) is 0 Å². The molecule has 1 aromatic rings. The first-order valence-corrected chi connectivity index (χ1v) is 10.6. The van der Waals surface area contributed by atoms with Crippen LogP contribution < -0.4 is 0 Å². The van der Waals surface area contributed by atoms with E-state index in [2.05, 4.69) is 56.2 Å². The molecular weight excluding hydrogens is 232 g/mol. The van der Waals surface area contributed by atoms with Crippen molar-refractivity contribution < 1.29 is 0 Å². The lowest BCUT2D eigenvalue weighted by Crippen LogP contribution is -2.16. The van der Waals surface area contributed by atoms with Crippen molar-refractivity contribution in [2.24, 2.45) is 11.8 Å². The molecule has 3 unspecified atom stereocenters. The Balaban J connectivity index is 1.90. The molecule has 1 saturated carbocycles. The van der Waals surface area contributed by atoms with Gasteiger partial charge < -0.3 is 0 Å². The zero-order chi connectivity index (χ0) is 12.9. The smallest absolute Gasteiger partial charge is 0.127 e. The molecule has 94 valence electrons. The molecule has 0 heterocycles. The third kappa shape index (κ3) is 2.15. The summed E-state index contributed by atoms with van der Waals surface area (Å²) in [6.07, 6.45) is 2.66. The van der Waals surface area contributed by atoms with Crippen LogP contribution in [0.15, 0.2) is 18.2 Å². The second kappa shape index (κ2) is 4.00. The quantitative estimate of drug-likeness (QED) is 0.480. The molecule has 0 bridgehead atoms. The average Bonchev–Trinajstić information content (AvgIpc) is 2.97. The van der Waals surface area contributed by atoms with Crippen molar-refractivity contribution >= 4 is 8.07 Å². The van der Waals surface area contributed by atoms with E-state index in [4.69, 9.17) is 0 Å². The van der Waals surface area contributed by atoms with Crippen LogP contribution in [0.3, 0.4) is 0 Å². The van der Waals surface area contributed by atoms with Crippen molar-refractivity contribution in [1.82, 2.24) is 0 Å². The van der Waals surface area contributed by atoms with E-state index in [0.29, 0.717) is 0 Å². The summed E-state index contributed by atoms with van der Waals surface area (Å²) in [6.45, 7) is 9.31. The molecule has 0 amide bonds. The van der Waals surface area contributed by atoms with Gasteiger partial charge in [-0.05, 0) is 53.9 Å². The Kier molecular flexibility index (Phi) is 2.68. The third-order valence-electron chi connectivity index (χ3n) is 4.39. The minimum atomic E-state index is -1.25. The summed E-state index contributed by atoms with van der Waals surface area (Å²) in [5.74, 6) is 6.16. The van der Waals surface area contributed by atoms with E-state index in [9.17, 15) is 0 Å². The highest BCUT2D eigenvalue weighted by Crippen LogP contribution is 2.59. The first-order chi connectivity index (χ1) is 8.46. The van der Waals surface area contributed by atoms with Gasteiger partial charge in [0.2, 0.25) is 0 Å². The summed E-state index contributed by atoms with van der Waals surface area (Å²) >= 11 is 0. The van der Waals surface area contributed by atoms with Gasteiger partial charge in [0, 0.05) is 5.56 Å². The molecule has 2 aliphatic rings. The second-order valence-electron chi connectivity index (χ2n) is 7.00. The molecule has 1 fully saturated rings. The Labute approximate surface area is 112 Å². The number of hydrogen-bond acceptors (Lipinski definition) is 0. The highest BCUT2D eigenvalue weighted by Gasteiger charge is 2.49. The summed E-state index contributed by atoms with van der Waals surface area (Å²) in [6, 6.07) is 6.94. The third-order valence-corrected chi connectivity index (χ3v) is 5.27. The van der Waals surface area contributed by atoms with Gasteiger partial charge in [-0.15, -0.1) is 5.54 Å². The van der Waals surface area contributed by atoms with Gasteiger partial charge in [-0.25, -0.2) is 0 Å². The fourth-order valence-corrected chi connectivity index (χ4v) is 3.83. The topological polar surface area (TPSA) is 0 Å². The predicted octanol–water partition coefficient (Wildman–Crippen LogP) is 4.21. The van der Waals surface area contributed by atoms with Gasteiger partial charge in [0.05, 0.1) is 0 Å². The van der Waals surface area contributed by atoms with Gasteiger partial charge in [-0.1, -0.05) is 38.6 Å². The van der Waals surface area contributed by atoms with Crippen LogP contribution in [0.1, 0.15) is 36.0 Å². The first-order valence-electron chi connectivity index (χ1n) is 7.12. The SMILES string of the molecule is CC1C2CCc3cc(C#C[Si](C)(C)C)ccc3C12. The van der Waals surface area contributed by atoms with Crippen molar-refractivity contribution in [3.05, 3.63) is 34.9 Å². The van der Waals surface area contributed by atoms with Crippen molar-refractivity contribution in [2.75, 3.05) is 0 Å². The standard InChI is InChI=1S/C17H22Si/c1-12-15-8-6-14-11-13(9-10-18(2,3)4)5-7-16(14)17(12)15/h5,7,11-12,15,17H,6,8H2,1-4H3.